The summed E-state index contributed by atoms with van der Waals surface area (Å²) in [5.74, 6) is 0. The van der Waals surface area contributed by atoms with Crippen LogP contribution in [-0.2, 0) is 0 Å². The minimum Gasteiger partial charge on any atom is -0.455 e. The zero-order valence-corrected chi connectivity index (χ0v) is 36.1. The fourth-order valence-corrected chi connectivity index (χ4v) is 11.4. The highest BCUT2D eigenvalue weighted by Crippen LogP contribution is 2.50. The van der Waals surface area contributed by atoms with Crippen molar-refractivity contribution in [2.75, 3.05) is 4.90 Å². The molecule has 2 nitrogen and oxygen atoms in total. The summed E-state index contributed by atoms with van der Waals surface area (Å²) in [4.78, 5) is 2.46. The van der Waals surface area contributed by atoms with Gasteiger partial charge in [-0.2, -0.15) is 0 Å². The molecular weight excluding hydrogens is 807 g/mol. The number of fused-ring (bicyclic) bond motifs is 9. The highest BCUT2D eigenvalue weighted by molar-refractivity contribution is 7.26. The van der Waals surface area contributed by atoms with E-state index in [1.54, 1.807) is 0 Å². The quantitative estimate of drug-likeness (QED) is 0.149. The van der Waals surface area contributed by atoms with Crippen LogP contribution in [0.4, 0.5) is 17.1 Å². The molecule has 0 aliphatic heterocycles. The molecule has 0 bridgehead atoms. The lowest BCUT2D eigenvalue weighted by Gasteiger charge is -2.28. The summed E-state index contributed by atoms with van der Waals surface area (Å²) in [6.07, 6.45) is 0. The Morgan fingerprint density at radius 3 is 1.55 bits per heavy atom. The minimum absolute atomic E-state index is 0.864. The van der Waals surface area contributed by atoms with Gasteiger partial charge in [0.05, 0.1) is 16.8 Å². The lowest BCUT2D eigenvalue weighted by molar-refractivity contribution is 0.670. The van der Waals surface area contributed by atoms with Gasteiger partial charge in [-0.25, -0.2) is 0 Å². The van der Waals surface area contributed by atoms with E-state index in [1.165, 1.54) is 75.1 Å². The second-order valence-corrected chi connectivity index (χ2v) is 17.8. The molecule has 0 N–H and O–H groups in total. The molecule has 2 aromatic heterocycles. The van der Waals surface area contributed by atoms with Crippen molar-refractivity contribution in [2.24, 2.45) is 0 Å². The van der Waals surface area contributed by atoms with Crippen LogP contribution in [0.2, 0.25) is 0 Å². The van der Waals surface area contributed by atoms with Gasteiger partial charge >= 0.3 is 0 Å². The number of hydrogen-bond donors (Lipinski definition) is 0. The first-order valence-electron chi connectivity index (χ1n) is 22.2. The van der Waals surface area contributed by atoms with Gasteiger partial charge in [0.2, 0.25) is 0 Å². The minimum atomic E-state index is 0.864. The Labute approximate surface area is 380 Å². The van der Waals surface area contributed by atoms with Crippen molar-refractivity contribution < 1.29 is 4.42 Å². The summed E-state index contributed by atoms with van der Waals surface area (Å²) in [7, 11) is 0. The molecule has 2 heterocycles. The van der Waals surface area contributed by atoms with Gasteiger partial charge in [0, 0.05) is 42.2 Å². The first-order valence-corrected chi connectivity index (χ1v) is 23.0. The molecule has 0 aliphatic carbocycles. The average molecular weight is 846 g/mol. The maximum absolute atomic E-state index is 6.93. The predicted molar refractivity (Wildman–Crippen MR) is 278 cm³/mol. The molecule has 3 heteroatoms. The molecule has 13 rings (SSSR count). The summed E-state index contributed by atoms with van der Waals surface area (Å²) in [5.41, 5.74) is 14.5. The maximum atomic E-state index is 6.93. The Balaban J connectivity index is 1.02. The lowest BCUT2D eigenvalue weighted by atomic mass is 9.96. The van der Waals surface area contributed by atoms with E-state index in [1.807, 2.05) is 11.3 Å². The van der Waals surface area contributed by atoms with Crippen LogP contribution >= 0.6 is 11.3 Å². The van der Waals surface area contributed by atoms with Crippen LogP contribution in [0.3, 0.4) is 0 Å². The van der Waals surface area contributed by atoms with Crippen LogP contribution in [0.25, 0.3) is 108 Å². The molecule has 0 unspecified atom stereocenters. The van der Waals surface area contributed by atoms with Crippen molar-refractivity contribution in [2.45, 2.75) is 0 Å². The summed E-state index contributed by atoms with van der Waals surface area (Å²) in [6, 6.07) is 85.7. The summed E-state index contributed by atoms with van der Waals surface area (Å²) in [6.45, 7) is 0. The smallest absolute Gasteiger partial charge is 0.145 e. The predicted octanol–water partition coefficient (Wildman–Crippen LogP) is 18.4. The third-order valence-corrected chi connectivity index (χ3v) is 14.4. The Morgan fingerprint density at radius 2 is 0.815 bits per heavy atom. The second kappa shape index (κ2) is 15.2. The number of rotatable bonds is 7. The van der Waals surface area contributed by atoms with Crippen LogP contribution in [-0.4, -0.2) is 0 Å². The van der Waals surface area contributed by atoms with Crippen LogP contribution in [0.5, 0.6) is 0 Å². The Bertz CT molecular complexity index is 3920. The fourth-order valence-electron chi connectivity index (χ4n) is 10.0. The Hall–Kier alpha value is -8.24. The molecule has 11 aromatic carbocycles. The average Bonchev–Trinajstić information content (AvgIpc) is 3.97. The van der Waals surface area contributed by atoms with Gasteiger partial charge in [-0.3, -0.25) is 0 Å². The number of nitrogens with zero attached hydrogens (tertiary/aromatic N) is 1. The van der Waals surface area contributed by atoms with E-state index >= 15 is 0 Å². The highest BCUT2D eigenvalue weighted by Gasteiger charge is 2.24. The zero-order valence-electron chi connectivity index (χ0n) is 35.3. The van der Waals surface area contributed by atoms with Crippen molar-refractivity contribution in [1.29, 1.82) is 0 Å². The molecule has 0 saturated heterocycles. The van der Waals surface area contributed by atoms with E-state index in [-0.39, 0.29) is 0 Å². The fraction of sp³-hybridized carbons (Fsp3) is 0. The monoisotopic (exact) mass is 845 g/mol. The van der Waals surface area contributed by atoms with E-state index < -0.39 is 0 Å². The standard InChI is InChI=1S/C62H39NOS/c1-3-14-40(15-4-1)41-28-30-44(31-29-41)49-38-39-56(59-54-21-9-10-27-57(54)64-60(49)59)63(55-26-11-19-46-33-32-43-18-7-8-20-48(43)58(46)55)47-36-34-45(35-37-47)51-23-13-25-53-52-24-12-22-50(61(52)65-62(51)53)42-16-5-2-6-17-42/h1-39H. The van der Waals surface area contributed by atoms with Gasteiger partial charge in [0.1, 0.15) is 11.2 Å². The topological polar surface area (TPSA) is 16.4 Å². The van der Waals surface area contributed by atoms with E-state index in [9.17, 15) is 0 Å². The Morgan fingerprint density at radius 1 is 0.308 bits per heavy atom. The molecular formula is C62H39NOS. The third kappa shape index (κ3) is 6.16. The lowest BCUT2D eigenvalue weighted by Crippen LogP contribution is -2.11. The van der Waals surface area contributed by atoms with Crippen molar-refractivity contribution in [3.8, 4) is 44.5 Å². The van der Waals surface area contributed by atoms with Crippen molar-refractivity contribution in [1.82, 2.24) is 0 Å². The van der Waals surface area contributed by atoms with Gasteiger partial charge < -0.3 is 9.32 Å². The Kier molecular flexibility index (Phi) is 8.75. The normalized spacial score (nSPS) is 11.7. The second-order valence-electron chi connectivity index (χ2n) is 16.8. The molecule has 0 aliphatic rings. The number of para-hydroxylation sites is 1. The van der Waals surface area contributed by atoms with Gasteiger partial charge in [-0.15, -0.1) is 11.3 Å². The first kappa shape index (κ1) is 37.3. The van der Waals surface area contributed by atoms with Crippen LogP contribution in [0.1, 0.15) is 0 Å². The van der Waals surface area contributed by atoms with Gasteiger partial charge in [0.15, 0.2) is 0 Å². The molecule has 0 spiro atoms. The SMILES string of the molecule is c1ccc(-c2ccc(-c3ccc(N(c4ccc(-c5cccc6c5sc5c(-c7ccccc7)cccc56)cc4)c4cccc5ccc6ccccc6c45)c4c3oc3ccccc34)cc2)cc1. The molecule has 304 valence electrons. The summed E-state index contributed by atoms with van der Waals surface area (Å²) >= 11 is 1.89. The van der Waals surface area contributed by atoms with E-state index in [0.717, 1.165) is 50.1 Å². The molecule has 0 amide bonds. The molecule has 13 aromatic rings. The van der Waals surface area contributed by atoms with E-state index in [0.29, 0.717) is 0 Å². The molecule has 0 saturated carbocycles. The highest BCUT2D eigenvalue weighted by atomic mass is 32.1. The van der Waals surface area contributed by atoms with Gasteiger partial charge in [-0.1, -0.05) is 200 Å². The van der Waals surface area contributed by atoms with Crippen LogP contribution in [0, 0.1) is 0 Å². The summed E-state index contributed by atoms with van der Waals surface area (Å²) in [5, 5.41) is 9.58. The first-order chi connectivity index (χ1) is 32.2. The number of anilines is 3. The molecule has 0 fully saturated rings. The summed E-state index contributed by atoms with van der Waals surface area (Å²) < 4.78 is 9.55. The molecule has 0 atom stereocenters. The molecule has 0 radical (unpaired) electrons. The van der Waals surface area contributed by atoms with Crippen molar-refractivity contribution in [3.05, 3.63) is 237 Å². The maximum Gasteiger partial charge on any atom is 0.145 e. The number of hydrogen-bond acceptors (Lipinski definition) is 3. The third-order valence-electron chi connectivity index (χ3n) is 13.1. The zero-order chi connectivity index (χ0) is 42.8. The van der Waals surface area contributed by atoms with E-state index in [4.69, 9.17) is 4.42 Å². The number of thiophene rings is 1. The molecule has 65 heavy (non-hydrogen) atoms. The largest absolute Gasteiger partial charge is 0.455 e. The van der Waals surface area contributed by atoms with Gasteiger partial charge in [-0.05, 0) is 91.5 Å². The number of benzene rings is 11. The number of furan rings is 1. The van der Waals surface area contributed by atoms with E-state index in [2.05, 4.69) is 241 Å². The van der Waals surface area contributed by atoms with Crippen LogP contribution in [0.15, 0.2) is 241 Å². The van der Waals surface area contributed by atoms with Crippen molar-refractivity contribution >= 4 is 92.1 Å². The van der Waals surface area contributed by atoms with Crippen LogP contribution < -0.4 is 4.90 Å². The van der Waals surface area contributed by atoms with Crippen molar-refractivity contribution in [3.63, 3.8) is 0 Å². The van der Waals surface area contributed by atoms with Gasteiger partial charge in [0.25, 0.3) is 0 Å².